The van der Waals surface area contributed by atoms with E-state index >= 15 is 0 Å². The summed E-state index contributed by atoms with van der Waals surface area (Å²) >= 11 is 0. The molecule has 1 aliphatic heterocycles. The van der Waals surface area contributed by atoms with Gasteiger partial charge in [-0.25, -0.2) is 0 Å². The van der Waals surface area contributed by atoms with Crippen molar-refractivity contribution in [3.63, 3.8) is 0 Å². The molecule has 1 aliphatic rings. The first kappa shape index (κ1) is 11.9. The second-order valence-corrected chi connectivity index (χ2v) is 5.12. The lowest BCUT2D eigenvalue weighted by Crippen LogP contribution is -2.09. The Morgan fingerprint density at radius 1 is 0.667 bits per heavy atom. The van der Waals surface area contributed by atoms with Crippen LogP contribution < -0.4 is 16.0 Å². The molecular formula is C18H15N3. The molecule has 0 saturated carbocycles. The van der Waals surface area contributed by atoms with Gasteiger partial charge in [-0.15, -0.1) is 0 Å². The largest absolute Gasteiger partial charge is 0.399 e. The summed E-state index contributed by atoms with van der Waals surface area (Å²) in [6.07, 6.45) is 0. The first-order chi connectivity index (χ1) is 10.3. The average Bonchev–Trinajstić information content (AvgIpc) is 3.29. The predicted octanol–water partition coefficient (Wildman–Crippen LogP) is 4.80. The number of benzene rings is 3. The lowest BCUT2D eigenvalue weighted by molar-refractivity contribution is 1.29. The lowest BCUT2D eigenvalue weighted by atomic mass is 10.2. The lowest BCUT2D eigenvalue weighted by Gasteiger charge is -2.25. The molecule has 0 unspecified atom stereocenters. The summed E-state index contributed by atoms with van der Waals surface area (Å²) in [6.45, 7) is 0. The van der Waals surface area contributed by atoms with E-state index in [0.717, 1.165) is 22.7 Å². The zero-order valence-corrected chi connectivity index (χ0v) is 11.5. The molecule has 1 heterocycles. The Hall–Kier alpha value is -2.94. The molecular weight excluding hydrogens is 258 g/mol. The van der Waals surface area contributed by atoms with E-state index in [9.17, 15) is 0 Å². The van der Waals surface area contributed by atoms with E-state index in [1.807, 2.05) is 42.5 Å². The van der Waals surface area contributed by atoms with Crippen LogP contribution in [0, 0.1) is 0 Å². The van der Waals surface area contributed by atoms with Crippen LogP contribution in [-0.2, 0) is 0 Å². The Morgan fingerprint density at radius 3 is 2.05 bits per heavy atom. The highest BCUT2D eigenvalue weighted by atomic mass is 15.1. The summed E-state index contributed by atoms with van der Waals surface area (Å²) in [5.74, 6) is 0. The van der Waals surface area contributed by atoms with Crippen LogP contribution in [0.3, 0.4) is 0 Å². The number of anilines is 6. The van der Waals surface area contributed by atoms with Crippen LogP contribution in [0.25, 0.3) is 0 Å². The van der Waals surface area contributed by atoms with E-state index in [1.165, 1.54) is 11.4 Å². The summed E-state index contributed by atoms with van der Waals surface area (Å²) in [5.41, 5.74) is 12.3. The maximum Gasteiger partial charge on any atom is 0.0645 e. The van der Waals surface area contributed by atoms with Crippen molar-refractivity contribution in [1.82, 2.24) is 0 Å². The SMILES string of the molecule is Nc1ccc(N(c2ccccc2)c2ccc3c(c2)N3)cc1. The maximum absolute atomic E-state index is 5.81. The normalized spacial score (nSPS) is 11.4. The van der Waals surface area contributed by atoms with E-state index in [2.05, 4.69) is 40.5 Å². The van der Waals surface area contributed by atoms with Gasteiger partial charge >= 0.3 is 0 Å². The highest BCUT2D eigenvalue weighted by molar-refractivity contribution is 5.94. The van der Waals surface area contributed by atoms with E-state index in [1.54, 1.807) is 0 Å². The number of fused-ring (bicyclic) bond motifs is 1. The molecule has 3 aromatic rings. The Labute approximate surface area is 123 Å². The number of para-hydroxylation sites is 1. The fraction of sp³-hybridized carbons (Fsp3) is 0. The zero-order valence-electron chi connectivity index (χ0n) is 11.5. The second kappa shape index (κ2) is 4.56. The third-order valence-electron chi connectivity index (χ3n) is 3.63. The monoisotopic (exact) mass is 273 g/mol. The van der Waals surface area contributed by atoms with Crippen molar-refractivity contribution < 1.29 is 0 Å². The minimum Gasteiger partial charge on any atom is -0.399 e. The highest BCUT2D eigenvalue weighted by Gasteiger charge is 2.19. The fourth-order valence-corrected chi connectivity index (χ4v) is 2.51. The van der Waals surface area contributed by atoms with Crippen molar-refractivity contribution in [2.45, 2.75) is 0 Å². The fourth-order valence-electron chi connectivity index (χ4n) is 2.51. The molecule has 0 bridgehead atoms. The van der Waals surface area contributed by atoms with Gasteiger partial charge in [0.2, 0.25) is 0 Å². The number of nitrogens with one attached hydrogen (secondary N) is 1. The molecule has 102 valence electrons. The number of hydrogen-bond acceptors (Lipinski definition) is 3. The molecule has 4 rings (SSSR count). The number of rotatable bonds is 3. The van der Waals surface area contributed by atoms with Crippen molar-refractivity contribution in [3.8, 4) is 0 Å². The Bertz CT molecular complexity index is 779. The first-order valence-corrected chi connectivity index (χ1v) is 6.93. The Balaban J connectivity index is 1.84. The van der Waals surface area contributed by atoms with Crippen LogP contribution in [0.2, 0.25) is 0 Å². The molecule has 3 heteroatoms. The van der Waals surface area contributed by atoms with Gasteiger partial charge in [0.05, 0.1) is 11.4 Å². The van der Waals surface area contributed by atoms with Crippen LogP contribution in [0.15, 0.2) is 72.8 Å². The van der Waals surface area contributed by atoms with Gasteiger partial charge in [0.1, 0.15) is 0 Å². The Kier molecular flexibility index (Phi) is 2.57. The molecule has 21 heavy (non-hydrogen) atoms. The summed E-state index contributed by atoms with van der Waals surface area (Å²) in [4.78, 5) is 2.22. The first-order valence-electron chi connectivity index (χ1n) is 6.93. The summed E-state index contributed by atoms with van der Waals surface area (Å²) in [7, 11) is 0. The van der Waals surface area contributed by atoms with Gasteiger partial charge in [0, 0.05) is 22.7 Å². The Morgan fingerprint density at radius 2 is 1.33 bits per heavy atom. The average molecular weight is 273 g/mol. The maximum atomic E-state index is 5.81. The molecule has 0 atom stereocenters. The third-order valence-corrected chi connectivity index (χ3v) is 3.63. The van der Waals surface area contributed by atoms with Crippen LogP contribution in [0.5, 0.6) is 0 Å². The van der Waals surface area contributed by atoms with Crippen molar-refractivity contribution in [1.29, 1.82) is 0 Å². The highest BCUT2D eigenvalue weighted by Crippen LogP contribution is 2.44. The standard InChI is InChI=1S/C18H15N3/c19-13-6-8-15(9-7-13)21(14-4-2-1-3-5-14)16-10-11-17-18(12-16)20-17/h1-12,20H,19H2. The quantitative estimate of drug-likeness (QED) is 0.416. The molecule has 3 aromatic carbocycles. The molecule has 3 nitrogen and oxygen atoms in total. The smallest absolute Gasteiger partial charge is 0.0645 e. The molecule has 3 N–H and O–H groups in total. The van der Waals surface area contributed by atoms with Crippen LogP contribution in [0.1, 0.15) is 0 Å². The topological polar surface area (TPSA) is 51.2 Å². The number of nitrogen functional groups attached to an aromatic ring is 1. The third kappa shape index (κ3) is 2.19. The van der Waals surface area contributed by atoms with Gasteiger partial charge in [-0.05, 0) is 54.6 Å². The van der Waals surface area contributed by atoms with Gasteiger partial charge in [-0.3, -0.25) is 0 Å². The van der Waals surface area contributed by atoms with E-state index in [0.29, 0.717) is 0 Å². The summed E-state index contributed by atoms with van der Waals surface area (Å²) in [6, 6.07) is 24.7. The van der Waals surface area contributed by atoms with Gasteiger partial charge in [-0.1, -0.05) is 18.2 Å². The van der Waals surface area contributed by atoms with Crippen molar-refractivity contribution >= 4 is 34.1 Å². The number of nitrogens with zero attached hydrogens (tertiary/aromatic N) is 1. The molecule has 0 aromatic heterocycles. The van der Waals surface area contributed by atoms with Gasteiger partial charge in [0.15, 0.2) is 0 Å². The van der Waals surface area contributed by atoms with Crippen molar-refractivity contribution in [2.75, 3.05) is 16.0 Å². The zero-order chi connectivity index (χ0) is 14.2. The molecule has 0 amide bonds. The second-order valence-electron chi connectivity index (χ2n) is 5.12. The minimum absolute atomic E-state index is 0.772. The van der Waals surface area contributed by atoms with Crippen molar-refractivity contribution in [3.05, 3.63) is 72.8 Å². The summed E-state index contributed by atoms with van der Waals surface area (Å²) in [5, 5.41) is 3.25. The number of nitrogens with two attached hydrogens (primary N) is 1. The predicted molar refractivity (Wildman–Crippen MR) is 88.8 cm³/mol. The molecule has 0 radical (unpaired) electrons. The van der Waals surface area contributed by atoms with Crippen LogP contribution in [-0.4, -0.2) is 0 Å². The van der Waals surface area contributed by atoms with E-state index in [-0.39, 0.29) is 0 Å². The van der Waals surface area contributed by atoms with Gasteiger partial charge in [0.25, 0.3) is 0 Å². The summed E-state index contributed by atoms with van der Waals surface area (Å²) < 4.78 is 0. The van der Waals surface area contributed by atoms with Crippen LogP contribution >= 0.6 is 0 Å². The molecule has 0 fully saturated rings. The van der Waals surface area contributed by atoms with Gasteiger partial charge in [-0.2, -0.15) is 0 Å². The van der Waals surface area contributed by atoms with Crippen molar-refractivity contribution in [2.24, 2.45) is 0 Å². The molecule has 0 saturated heterocycles. The van der Waals surface area contributed by atoms with Crippen LogP contribution in [0.4, 0.5) is 34.1 Å². The van der Waals surface area contributed by atoms with E-state index < -0.39 is 0 Å². The molecule has 0 aliphatic carbocycles. The van der Waals surface area contributed by atoms with Gasteiger partial charge < -0.3 is 16.0 Å². The number of hydrogen-bond donors (Lipinski definition) is 2. The van der Waals surface area contributed by atoms with E-state index in [4.69, 9.17) is 5.73 Å². The minimum atomic E-state index is 0.772. The molecule has 0 spiro atoms.